The molecule has 3 aromatic carbocycles. The Bertz CT molecular complexity index is 1050. The number of fused-ring (bicyclic) bond motifs is 2. The maximum atomic E-state index is 13.5. The number of likely N-dealkylation sites (tertiary alicyclic amines) is 1. The van der Waals surface area contributed by atoms with Gasteiger partial charge in [-0.05, 0) is 66.2 Å². The van der Waals surface area contributed by atoms with Gasteiger partial charge in [0.05, 0.1) is 12.5 Å². The van der Waals surface area contributed by atoms with Gasteiger partial charge in [-0.1, -0.05) is 66.7 Å². The second kappa shape index (κ2) is 8.23. The van der Waals surface area contributed by atoms with E-state index in [-0.39, 0.29) is 11.9 Å². The number of nitrogens with zero attached hydrogens (tertiary/aromatic N) is 2. The van der Waals surface area contributed by atoms with E-state index in [1.807, 2.05) is 11.9 Å². The van der Waals surface area contributed by atoms with Crippen molar-refractivity contribution in [2.75, 3.05) is 20.1 Å². The third-order valence-electron chi connectivity index (χ3n) is 7.09. The quantitative estimate of drug-likeness (QED) is 0.618. The number of benzene rings is 3. The molecule has 0 unspecified atom stereocenters. The molecule has 1 heterocycles. The first kappa shape index (κ1) is 19.3. The molecule has 2 aliphatic rings. The van der Waals surface area contributed by atoms with Gasteiger partial charge in [0.25, 0.3) is 0 Å². The Hall–Kier alpha value is -2.65. The molecule has 1 fully saturated rings. The number of likely N-dealkylation sites (N-methyl/N-ethyl adjacent to an activating group) is 1. The Morgan fingerprint density at radius 1 is 0.967 bits per heavy atom. The fourth-order valence-corrected chi connectivity index (χ4v) is 5.53. The van der Waals surface area contributed by atoms with Crippen LogP contribution in [0, 0.1) is 0 Å². The maximum absolute atomic E-state index is 13.5. The lowest BCUT2D eigenvalue weighted by Gasteiger charge is -2.43. The molecule has 0 aromatic heterocycles. The molecule has 3 aromatic rings. The molecule has 2 atom stereocenters. The molecule has 0 radical (unpaired) electrons. The molecular formula is C27H30N2O. The highest BCUT2D eigenvalue weighted by molar-refractivity contribution is 5.90. The first-order chi connectivity index (χ1) is 14.7. The normalized spacial score (nSPS) is 21.5. The Kier molecular flexibility index (Phi) is 5.30. The molecule has 1 aliphatic heterocycles. The van der Waals surface area contributed by atoms with Crippen LogP contribution in [-0.2, 0) is 17.6 Å². The second-order valence-corrected chi connectivity index (χ2v) is 8.81. The van der Waals surface area contributed by atoms with Crippen LogP contribution in [0.4, 0.5) is 0 Å². The van der Waals surface area contributed by atoms with Crippen LogP contribution >= 0.6 is 0 Å². The van der Waals surface area contributed by atoms with Gasteiger partial charge in [-0.15, -0.1) is 0 Å². The monoisotopic (exact) mass is 398 g/mol. The summed E-state index contributed by atoms with van der Waals surface area (Å²) in [5.41, 5.74) is 3.86. The number of aryl methyl sites for hydroxylation is 1. The summed E-state index contributed by atoms with van der Waals surface area (Å²) >= 11 is 0. The number of rotatable bonds is 4. The Labute approximate surface area is 179 Å². The van der Waals surface area contributed by atoms with Gasteiger partial charge in [0.15, 0.2) is 0 Å². The molecule has 1 amide bonds. The van der Waals surface area contributed by atoms with E-state index in [4.69, 9.17) is 0 Å². The summed E-state index contributed by atoms with van der Waals surface area (Å²) in [6.45, 7) is 2.32. The first-order valence-corrected chi connectivity index (χ1v) is 11.3. The van der Waals surface area contributed by atoms with Crippen molar-refractivity contribution in [2.24, 2.45) is 0 Å². The van der Waals surface area contributed by atoms with Crippen LogP contribution in [0.3, 0.4) is 0 Å². The van der Waals surface area contributed by atoms with Crippen LogP contribution in [-0.4, -0.2) is 41.9 Å². The Balaban J connectivity index is 1.46. The van der Waals surface area contributed by atoms with Gasteiger partial charge in [0.2, 0.25) is 5.91 Å². The molecule has 0 spiro atoms. The summed E-state index contributed by atoms with van der Waals surface area (Å²) in [5.74, 6) is 0.206. The molecule has 3 heteroatoms. The summed E-state index contributed by atoms with van der Waals surface area (Å²) in [6.07, 6.45) is 5.24. The van der Waals surface area contributed by atoms with Crippen LogP contribution in [0.5, 0.6) is 0 Å². The van der Waals surface area contributed by atoms with Gasteiger partial charge < -0.3 is 4.90 Å². The highest BCUT2D eigenvalue weighted by Gasteiger charge is 2.38. The van der Waals surface area contributed by atoms with Gasteiger partial charge >= 0.3 is 0 Å². The minimum absolute atomic E-state index is 0.135. The molecule has 5 rings (SSSR count). The lowest BCUT2D eigenvalue weighted by atomic mass is 9.82. The van der Waals surface area contributed by atoms with Crippen LogP contribution in [0.2, 0.25) is 0 Å². The zero-order valence-corrected chi connectivity index (χ0v) is 17.8. The van der Waals surface area contributed by atoms with E-state index in [0.717, 1.165) is 31.5 Å². The Morgan fingerprint density at radius 3 is 2.57 bits per heavy atom. The lowest BCUT2D eigenvalue weighted by Crippen LogP contribution is -2.48. The number of hydrogen-bond acceptors (Lipinski definition) is 2. The predicted octanol–water partition coefficient (Wildman–Crippen LogP) is 4.99. The van der Waals surface area contributed by atoms with Gasteiger partial charge in [0, 0.05) is 13.1 Å². The molecule has 1 aliphatic carbocycles. The van der Waals surface area contributed by atoms with E-state index in [1.165, 1.54) is 34.7 Å². The minimum atomic E-state index is 0.135. The second-order valence-electron chi connectivity index (χ2n) is 8.81. The van der Waals surface area contributed by atoms with Crippen molar-refractivity contribution in [3.63, 3.8) is 0 Å². The van der Waals surface area contributed by atoms with Gasteiger partial charge in [-0.2, -0.15) is 0 Å². The van der Waals surface area contributed by atoms with Crippen molar-refractivity contribution in [1.29, 1.82) is 0 Å². The van der Waals surface area contributed by atoms with Crippen molar-refractivity contribution in [3.8, 4) is 0 Å². The standard InChI is InChI=1S/C27H30N2O/c1-28(26(30)19-22-12-8-11-20-9-2-4-13-23(20)22)27-24-14-5-3-10-21(24)15-16-25(27)29-17-6-7-18-29/h2-5,8-14,25,27H,6-7,15-19H2,1H3/t25-,27-/m1/s1. The van der Waals surface area contributed by atoms with Crippen molar-refractivity contribution in [3.05, 3.63) is 83.4 Å². The highest BCUT2D eigenvalue weighted by Crippen LogP contribution is 2.38. The van der Waals surface area contributed by atoms with Crippen molar-refractivity contribution >= 4 is 16.7 Å². The van der Waals surface area contributed by atoms with E-state index in [1.54, 1.807) is 0 Å². The van der Waals surface area contributed by atoms with E-state index >= 15 is 0 Å². The SMILES string of the molecule is CN(C(=O)Cc1cccc2ccccc12)[C@@H]1c2ccccc2CC[C@H]1N1CCCC1. The summed E-state index contributed by atoms with van der Waals surface area (Å²) in [7, 11) is 2.02. The lowest BCUT2D eigenvalue weighted by molar-refractivity contribution is -0.133. The van der Waals surface area contributed by atoms with Crippen molar-refractivity contribution in [2.45, 2.75) is 44.2 Å². The minimum Gasteiger partial charge on any atom is -0.337 e. The number of carbonyl (C=O) groups is 1. The molecule has 0 bridgehead atoms. The molecule has 0 N–H and O–H groups in total. The number of amides is 1. The topological polar surface area (TPSA) is 23.6 Å². The van der Waals surface area contributed by atoms with E-state index in [0.29, 0.717) is 12.5 Å². The van der Waals surface area contributed by atoms with Gasteiger partial charge in [-0.3, -0.25) is 9.69 Å². The van der Waals surface area contributed by atoms with Crippen LogP contribution in [0.25, 0.3) is 10.8 Å². The van der Waals surface area contributed by atoms with Crippen LogP contribution < -0.4 is 0 Å². The van der Waals surface area contributed by atoms with Crippen LogP contribution in [0.15, 0.2) is 66.7 Å². The highest BCUT2D eigenvalue weighted by atomic mass is 16.2. The molecule has 1 saturated heterocycles. The van der Waals surface area contributed by atoms with Crippen molar-refractivity contribution in [1.82, 2.24) is 9.80 Å². The van der Waals surface area contributed by atoms with E-state index < -0.39 is 0 Å². The average Bonchev–Trinajstić information content (AvgIpc) is 3.33. The first-order valence-electron chi connectivity index (χ1n) is 11.3. The average molecular weight is 399 g/mol. The fraction of sp³-hybridized carbons (Fsp3) is 0.370. The van der Waals surface area contributed by atoms with Crippen molar-refractivity contribution < 1.29 is 4.79 Å². The summed E-state index contributed by atoms with van der Waals surface area (Å²) in [6, 6.07) is 23.9. The smallest absolute Gasteiger partial charge is 0.227 e. The summed E-state index contributed by atoms with van der Waals surface area (Å²) in [5, 5.41) is 2.38. The third kappa shape index (κ3) is 3.52. The zero-order chi connectivity index (χ0) is 20.5. The number of hydrogen-bond donors (Lipinski definition) is 0. The third-order valence-corrected chi connectivity index (χ3v) is 7.09. The largest absolute Gasteiger partial charge is 0.337 e. The zero-order valence-electron chi connectivity index (χ0n) is 17.8. The summed E-state index contributed by atoms with van der Waals surface area (Å²) < 4.78 is 0. The molecular weight excluding hydrogens is 368 g/mol. The van der Waals surface area contributed by atoms with E-state index in [9.17, 15) is 4.79 Å². The molecule has 3 nitrogen and oxygen atoms in total. The summed E-state index contributed by atoms with van der Waals surface area (Å²) in [4.78, 5) is 18.2. The molecule has 30 heavy (non-hydrogen) atoms. The van der Waals surface area contributed by atoms with E-state index in [2.05, 4.69) is 71.6 Å². The van der Waals surface area contributed by atoms with Gasteiger partial charge in [-0.25, -0.2) is 0 Å². The molecule has 0 saturated carbocycles. The van der Waals surface area contributed by atoms with Gasteiger partial charge in [0.1, 0.15) is 0 Å². The number of carbonyl (C=O) groups excluding carboxylic acids is 1. The maximum Gasteiger partial charge on any atom is 0.227 e. The molecule has 154 valence electrons. The Morgan fingerprint density at radius 2 is 1.70 bits per heavy atom. The fourth-order valence-electron chi connectivity index (χ4n) is 5.53. The predicted molar refractivity (Wildman–Crippen MR) is 123 cm³/mol. The van der Waals surface area contributed by atoms with Crippen LogP contribution in [0.1, 0.15) is 42.0 Å².